The first-order valence-electron chi connectivity index (χ1n) is 27.4. The molecule has 0 radical (unpaired) electrons. The van der Waals surface area contributed by atoms with E-state index >= 15 is 0 Å². The van der Waals surface area contributed by atoms with Gasteiger partial charge in [0.15, 0.2) is 0 Å². The third-order valence-electron chi connectivity index (χ3n) is 12.1. The van der Waals surface area contributed by atoms with Gasteiger partial charge in [0.25, 0.3) is 0 Å². The van der Waals surface area contributed by atoms with E-state index in [9.17, 15) is 52.7 Å². The summed E-state index contributed by atoms with van der Waals surface area (Å²) in [7, 11) is 0. The molecule has 10 aromatic carbocycles. The molecule has 0 spiro atoms. The molecule has 10 aromatic rings. The molecule has 466 valence electrons. The van der Waals surface area contributed by atoms with Crippen LogP contribution in [0, 0.1) is 182 Å². The Balaban J connectivity index is 0.000000495. The fourth-order valence-electron chi connectivity index (χ4n) is 6.81. The van der Waals surface area contributed by atoms with Crippen molar-refractivity contribution in [1.82, 2.24) is 0 Å². The van der Waals surface area contributed by atoms with Gasteiger partial charge in [-0.25, -0.2) is 52.7 Å². The monoisotopic (exact) mass is 1230 g/mol. The van der Waals surface area contributed by atoms with Gasteiger partial charge in [-0.1, -0.05) is 108 Å². The molecule has 0 unspecified atom stereocenters. The standard InChI is InChI=1S/C10H14.2C8H7N.C7H5F3.3C7H6F2.3C7H7F/c1-7-5-8(2)10(4)9(3)6-7;1-7-3-2-4-8(5-7)6-9;1-7-4-2-3-5-8(7)6-9;1-4-6(9)2-5(8)3-7(4)10;1-5-2-6(8)4-7(9)3-5;1-5-2-3-6(8)4-7(5)9;1-5-6(8)3-2-4-7(5)9;1-6-2-4-7(8)5-3-6;1-6-3-2-4-7(8)5-6;1-6-4-2-3-5-7(6)8/h5-6H,1-4H3;2*2-5H,1H3;2-3H,1H3;3*2-4H,1H3;3*2-5H,1H3. The van der Waals surface area contributed by atoms with Crippen molar-refractivity contribution in [3.8, 4) is 12.1 Å². The van der Waals surface area contributed by atoms with Crippen molar-refractivity contribution >= 4 is 0 Å². The molecule has 0 saturated carbocycles. The molecule has 0 fully saturated rings. The van der Waals surface area contributed by atoms with E-state index in [2.05, 4.69) is 52.0 Å². The average molecular weight is 1230 g/mol. The van der Waals surface area contributed by atoms with Crippen LogP contribution in [0.15, 0.2) is 200 Å². The predicted octanol–water partition coefficient (Wildman–Crippen LogP) is 22.3. The van der Waals surface area contributed by atoms with Crippen LogP contribution in [0.25, 0.3) is 0 Å². The van der Waals surface area contributed by atoms with Gasteiger partial charge in [-0.3, -0.25) is 0 Å². The maximum absolute atomic E-state index is 12.4. The second-order valence-corrected chi connectivity index (χ2v) is 20.0. The van der Waals surface area contributed by atoms with Crippen molar-refractivity contribution in [3.63, 3.8) is 0 Å². The molecule has 0 aliphatic carbocycles. The number of aryl methyl sites for hydroxylation is 10. The molecule has 0 saturated heterocycles. The van der Waals surface area contributed by atoms with Gasteiger partial charge in [0.2, 0.25) is 0 Å². The van der Waals surface area contributed by atoms with Crippen molar-refractivity contribution in [2.24, 2.45) is 0 Å². The molecule has 0 bridgehead atoms. The first-order valence-corrected chi connectivity index (χ1v) is 27.4. The summed E-state index contributed by atoms with van der Waals surface area (Å²) in [5.41, 5.74) is 13.0. The largest absolute Gasteiger partial charge is 0.207 e. The van der Waals surface area contributed by atoms with E-state index in [4.69, 9.17) is 10.5 Å². The lowest BCUT2D eigenvalue weighted by atomic mass is 10.0. The van der Waals surface area contributed by atoms with Crippen LogP contribution >= 0.6 is 0 Å². The Bertz CT molecular complexity index is 3610. The molecular formula is C75H72F12N2. The summed E-state index contributed by atoms with van der Waals surface area (Å²) in [6, 6.07) is 55.3. The molecule has 0 N–H and O–H groups in total. The first-order chi connectivity index (χ1) is 41.9. The minimum atomic E-state index is -0.888. The van der Waals surface area contributed by atoms with Crippen molar-refractivity contribution in [2.75, 3.05) is 0 Å². The molecular weight excluding hydrogens is 1160 g/mol. The highest BCUT2D eigenvalue weighted by atomic mass is 19.2. The molecule has 10 rings (SSSR count). The molecule has 89 heavy (non-hydrogen) atoms. The van der Waals surface area contributed by atoms with Crippen LogP contribution in [0.3, 0.4) is 0 Å². The zero-order chi connectivity index (χ0) is 67.3. The van der Waals surface area contributed by atoms with Crippen LogP contribution in [0.1, 0.15) is 83.5 Å². The van der Waals surface area contributed by atoms with E-state index in [1.165, 1.54) is 109 Å². The second kappa shape index (κ2) is 41.4. The summed E-state index contributed by atoms with van der Waals surface area (Å²) in [5, 5.41) is 16.9. The normalized spacial score (nSPS) is 9.38. The summed E-state index contributed by atoms with van der Waals surface area (Å²) in [6.07, 6.45) is 0. The number of hydrogen-bond donors (Lipinski definition) is 0. The summed E-state index contributed by atoms with van der Waals surface area (Å²) in [6.45, 7) is 24.0. The van der Waals surface area contributed by atoms with Crippen molar-refractivity contribution in [1.29, 1.82) is 10.5 Å². The van der Waals surface area contributed by atoms with E-state index in [1.807, 2.05) is 82.3 Å². The summed E-state index contributed by atoms with van der Waals surface area (Å²) < 4.78 is 147. The smallest absolute Gasteiger partial charge is 0.131 e. The number of nitrogens with zero attached hydrogens (tertiary/aromatic N) is 2. The lowest BCUT2D eigenvalue weighted by Gasteiger charge is -2.04. The average Bonchev–Trinajstić information content (AvgIpc) is 3.51. The predicted molar refractivity (Wildman–Crippen MR) is 335 cm³/mol. The fraction of sp³-hybridized carbons (Fsp3) is 0.173. The third-order valence-corrected chi connectivity index (χ3v) is 12.1. The van der Waals surface area contributed by atoms with Gasteiger partial charge in [0, 0.05) is 35.4 Å². The van der Waals surface area contributed by atoms with Crippen LogP contribution in [-0.2, 0) is 0 Å². The zero-order valence-corrected chi connectivity index (χ0v) is 52.0. The number of rotatable bonds is 0. The molecule has 0 aliphatic rings. The van der Waals surface area contributed by atoms with Gasteiger partial charge in [0.05, 0.1) is 23.3 Å². The van der Waals surface area contributed by atoms with E-state index in [0.717, 1.165) is 45.5 Å². The molecule has 0 amide bonds. The minimum absolute atomic E-state index is 0.0810. The van der Waals surface area contributed by atoms with Crippen LogP contribution in [-0.4, -0.2) is 0 Å². The Labute approximate surface area is 516 Å². The van der Waals surface area contributed by atoms with E-state index in [-0.39, 0.29) is 28.6 Å². The number of halogens is 12. The number of hydrogen-bond acceptors (Lipinski definition) is 2. The molecule has 14 heteroatoms. The van der Waals surface area contributed by atoms with Crippen molar-refractivity contribution in [3.05, 3.63) is 353 Å². The fourth-order valence-corrected chi connectivity index (χ4v) is 6.81. The van der Waals surface area contributed by atoms with Crippen LogP contribution in [0.2, 0.25) is 0 Å². The Morgan fingerprint density at radius 1 is 0.225 bits per heavy atom. The van der Waals surface area contributed by atoms with Crippen molar-refractivity contribution < 1.29 is 52.7 Å². The topological polar surface area (TPSA) is 47.6 Å². The number of benzene rings is 10. The maximum atomic E-state index is 12.4. The molecule has 2 nitrogen and oxygen atoms in total. The van der Waals surface area contributed by atoms with E-state index in [0.29, 0.717) is 28.8 Å². The SMILES string of the molecule is Cc1c(F)cc(F)cc1F.Cc1c(F)cccc1F.Cc1cc(C)c(C)c(C)c1.Cc1cc(F)cc(F)c1.Cc1ccc(F)cc1.Cc1ccc(F)cc1F.Cc1cccc(C#N)c1.Cc1cccc(F)c1.Cc1ccccc1C#N.Cc1ccccc1F. The van der Waals surface area contributed by atoms with E-state index in [1.54, 1.807) is 57.2 Å². The van der Waals surface area contributed by atoms with Crippen molar-refractivity contribution in [2.45, 2.75) is 90.0 Å². The lowest BCUT2D eigenvalue weighted by Crippen LogP contribution is -1.89. The Morgan fingerprint density at radius 3 is 0.989 bits per heavy atom. The zero-order valence-electron chi connectivity index (χ0n) is 52.0. The van der Waals surface area contributed by atoms with Crippen LogP contribution < -0.4 is 0 Å². The molecule has 0 heterocycles. The molecule has 0 atom stereocenters. The van der Waals surface area contributed by atoms with Gasteiger partial charge in [-0.15, -0.1) is 0 Å². The maximum Gasteiger partial charge on any atom is 0.131 e. The molecule has 0 aromatic heterocycles. The van der Waals surface area contributed by atoms with Gasteiger partial charge in [0.1, 0.15) is 69.8 Å². The third kappa shape index (κ3) is 33.2. The highest BCUT2D eigenvalue weighted by Crippen LogP contribution is 2.16. The first kappa shape index (κ1) is 77.4. The van der Waals surface area contributed by atoms with E-state index < -0.39 is 52.4 Å². The summed E-state index contributed by atoms with van der Waals surface area (Å²) >= 11 is 0. The van der Waals surface area contributed by atoms with Crippen LogP contribution in [0.5, 0.6) is 0 Å². The Kier molecular flexibility index (Phi) is 36.0. The second-order valence-electron chi connectivity index (χ2n) is 20.0. The Morgan fingerprint density at radius 2 is 0.618 bits per heavy atom. The van der Waals surface area contributed by atoms with Gasteiger partial charge in [-0.05, 0) is 219 Å². The summed E-state index contributed by atoms with van der Waals surface area (Å²) in [4.78, 5) is 0. The van der Waals surface area contributed by atoms with Gasteiger partial charge >= 0.3 is 0 Å². The highest BCUT2D eigenvalue weighted by Gasteiger charge is 2.06. The molecule has 0 aliphatic heterocycles. The summed E-state index contributed by atoms with van der Waals surface area (Å²) in [5.74, 6) is -6.10. The number of nitriles is 2. The van der Waals surface area contributed by atoms with Gasteiger partial charge < -0.3 is 0 Å². The minimum Gasteiger partial charge on any atom is -0.207 e. The van der Waals surface area contributed by atoms with Gasteiger partial charge in [-0.2, -0.15) is 10.5 Å². The Hall–Kier alpha value is -9.66. The quantitative estimate of drug-likeness (QED) is 0.142. The lowest BCUT2D eigenvalue weighted by molar-refractivity contribution is 0.532. The highest BCUT2D eigenvalue weighted by molar-refractivity contribution is 5.37. The van der Waals surface area contributed by atoms with Crippen LogP contribution in [0.4, 0.5) is 52.7 Å².